The number of carbonyl (C=O) groups excluding carboxylic acids is 3. The lowest BCUT2D eigenvalue weighted by Crippen LogP contribution is -2.33. The molecule has 2 aromatic carbocycles. The molecule has 1 heterocycles. The number of aliphatic hydroxyl groups excluding tert-OH is 1. The van der Waals surface area contributed by atoms with Gasteiger partial charge in [0.1, 0.15) is 11.4 Å². The number of allylic oxidation sites excluding steroid dienone is 1. The number of hydrazone groups is 1. The highest BCUT2D eigenvalue weighted by molar-refractivity contribution is 14.1. The summed E-state index contributed by atoms with van der Waals surface area (Å²) in [5, 5.41) is 20.5. The van der Waals surface area contributed by atoms with Crippen molar-refractivity contribution in [2.75, 3.05) is 7.05 Å². The molecule has 2 aliphatic rings. The van der Waals surface area contributed by atoms with Crippen LogP contribution in [0.4, 0.5) is 4.79 Å². The van der Waals surface area contributed by atoms with E-state index >= 15 is 0 Å². The largest absolute Gasteiger partial charge is 0.506 e. The van der Waals surface area contributed by atoms with Crippen LogP contribution in [0.3, 0.4) is 0 Å². The number of Topliss-reactive ketones (excluding diaryl/α,β-unsaturated/α-hetero) is 2. The molecule has 0 saturated heterocycles. The summed E-state index contributed by atoms with van der Waals surface area (Å²) in [4.78, 5) is 36.7. The lowest BCUT2D eigenvalue weighted by Gasteiger charge is -2.24. The van der Waals surface area contributed by atoms with Crippen molar-refractivity contribution in [2.45, 2.75) is 64.9 Å². The Morgan fingerprint density at radius 2 is 1.49 bits per heavy atom. The van der Waals surface area contributed by atoms with E-state index in [0.29, 0.717) is 37.0 Å². The molecule has 0 unspecified atom stereocenters. The van der Waals surface area contributed by atoms with E-state index in [1.807, 2.05) is 23.9 Å². The predicted molar refractivity (Wildman–Crippen MR) is 195 cm³/mol. The number of aryl methyl sites for hydroxylation is 2. The van der Waals surface area contributed by atoms with Crippen molar-refractivity contribution >= 4 is 86.7 Å². The zero-order valence-electron chi connectivity index (χ0n) is 25.9. The van der Waals surface area contributed by atoms with E-state index in [2.05, 4.69) is 79.6 Å². The molecule has 1 amide bonds. The van der Waals surface area contributed by atoms with Crippen LogP contribution in [0.5, 0.6) is 0 Å². The summed E-state index contributed by atoms with van der Waals surface area (Å²) >= 11 is 4.45. The van der Waals surface area contributed by atoms with E-state index in [9.17, 15) is 19.5 Å². The Bertz CT molecular complexity index is 1620. The van der Waals surface area contributed by atoms with Gasteiger partial charge in [0.25, 0.3) is 0 Å². The number of amides is 1. The highest BCUT2D eigenvalue weighted by Crippen LogP contribution is 2.31. The van der Waals surface area contributed by atoms with Crippen molar-refractivity contribution < 1.29 is 24.2 Å². The fourth-order valence-corrected chi connectivity index (χ4v) is 5.75. The van der Waals surface area contributed by atoms with Crippen LogP contribution in [-0.4, -0.2) is 55.9 Å². The summed E-state index contributed by atoms with van der Waals surface area (Å²) in [6.07, 6.45) is 3.35. The van der Waals surface area contributed by atoms with Gasteiger partial charge < -0.3 is 9.84 Å². The number of aromatic nitrogens is 2. The van der Waals surface area contributed by atoms with Crippen molar-refractivity contribution in [1.29, 1.82) is 0 Å². The molecule has 5 rings (SSSR count). The molecule has 12 heteroatoms. The average molecular weight is 859 g/mol. The van der Waals surface area contributed by atoms with E-state index in [1.165, 1.54) is 10.6 Å². The highest BCUT2D eigenvalue weighted by atomic mass is 127. The van der Waals surface area contributed by atoms with Crippen LogP contribution in [0.15, 0.2) is 59.2 Å². The topological polar surface area (TPSA) is 114 Å². The molecule has 45 heavy (non-hydrogen) atoms. The first-order valence-electron chi connectivity index (χ1n) is 14.4. The van der Waals surface area contributed by atoms with Gasteiger partial charge >= 0.3 is 6.09 Å². The molecule has 3 aromatic rings. The lowest BCUT2D eigenvalue weighted by molar-refractivity contribution is -0.115. The minimum absolute atomic E-state index is 0. The van der Waals surface area contributed by atoms with Gasteiger partial charge in [0.2, 0.25) is 0 Å². The molecule has 1 saturated carbocycles. The smallest absolute Gasteiger partial charge is 0.430 e. The molecule has 1 aromatic heterocycles. The molecule has 0 atom stereocenters. The first kappa shape index (κ1) is 36.7. The van der Waals surface area contributed by atoms with E-state index in [1.54, 1.807) is 32.9 Å². The molecule has 240 valence electrons. The Kier molecular flexibility index (Phi) is 12.8. The third-order valence-corrected chi connectivity index (χ3v) is 8.44. The average Bonchev–Trinajstić information content (AvgIpc) is 3.30. The number of ketones is 2. The zero-order valence-corrected chi connectivity index (χ0v) is 31.0. The second-order valence-corrected chi connectivity index (χ2v) is 14.1. The van der Waals surface area contributed by atoms with Gasteiger partial charge in [-0.15, -0.1) is 12.4 Å². The summed E-state index contributed by atoms with van der Waals surface area (Å²) in [7, 11) is 3.39. The fourth-order valence-electron chi connectivity index (χ4n) is 5.03. The number of hydrogen-bond donors (Lipinski definition) is 1. The third kappa shape index (κ3) is 9.38. The maximum atomic E-state index is 12.4. The summed E-state index contributed by atoms with van der Waals surface area (Å²) in [5.41, 5.74) is 4.30. The molecular weight excluding hydrogens is 822 g/mol. The summed E-state index contributed by atoms with van der Waals surface area (Å²) in [5.74, 6) is -0.0519. The number of benzene rings is 2. The summed E-state index contributed by atoms with van der Waals surface area (Å²) in [6, 6.07) is 15.4. The first-order valence-corrected chi connectivity index (χ1v) is 16.5. The van der Waals surface area contributed by atoms with Gasteiger partial charge in [0, 0.05) is 45.2 Å². The molecule has 0 radical (unpaired) electrons. The van der Waals surface area contributed by atoms with Crippen molar-refractivity contribution in [2.24, 2.45) is 12.1 Å². The van der Waals surface area contributed by atoms with Crippen LogP contribution in [0.1, 0.15) is 74.5 Å². The quantitative estimate of drug-likeness (QED) is 0.123. The number of nitrogens with zero attached hydrogens (tertiary/aromatic N) is 4. The molecule has 1 N–H and O–H groups in total. The minimum Gasteiger partial charge on any atom is -0.506 e. The molecule has 0 spiro atoms. The third-order valence-electron chi connectivity index (χ3n) is 7.00. The molecule has 1 fully saturated rings. The van der Waals surface area contributed by atoms with Crippen molar-refractivity contribution in [3.8, 4) is 11.3 Å². The first-order chi connectivity index (χ1) is 20.7. The van der Waals surface area contributed by atoms with Gasteiger partial charge in [0.15, 0.2) is 11.6 Å². The number of fused-ring (bicyclic) bond motifs is 1. The monoisotopic (exact) mass is 858 g/mol. The maximum Gasteiger partial charge on any atom is 0.430 e. The standard InChI is InChI=1S/C19H23IN2O4.C14H13IN2O.ClH/c1-19(2,3)26-18(25)22(4)21-14-6-5-7-15(23)16(14)17(24)12-8-10-13(20)11-9-12;1-17-14(9-5-7-10(15)8-6-9)13-11(16-17)3-2-4-12(13)18;/h8-11,24H,5-7H2,1-4H3;5-8H,2-4H2,1H3;1H. The molecule has 0 aliphatic heterocycles. The molecular formula is C33H37ClI2N4O5. The van der Waals surface area contributed by atoms with Crippen LogP contribution in [0.2, 0.25) is 0 Å². The maximum absolute atomic E-state index is 12.4. The van der Waals surface area contributed by atoms with Crippen molar-refractivity contribution in [3.05, 3.63) is 78.1 Å². The van der Waals surface area contributed by atoms with Gasteiger partial charge in [-0.05, 0) is 116 Å². The lowest BCUT2D eigenvalue weighted by atomic mass is 9.89. The van der Waals surface area contributed by atoms with Gasteiger partial charge in [-0.3, -0.25) is 14.3 Å². The van der Waals surface area contributed by atoms with Gasteiger partial charge in [-0.1, -0.05) is 24.3 Å². The fraction of sp³-hybridized carbons (Fsp3) is 0.364. The van der Waals surface area contributed by atoms with Gasteiger partial charge in [-0.25, -0.2) is 9.80 Å². The Labute approximate surface area is 297 Å². The second kappa shape index (κ2) is 15.7. The van der Waals surface area contributed by atoms with E-state index in [-0.39, 0.29) is 35.3 Å². The van der Waals surface area contributed by atoms with E-state index < -0.39 is 11.7 Å². The number of carbonyl (C=O) groups is 3. The SMILES string of the molecule is CN(N=C1CCCC(=O)C1=C(O)c1ccc(I)cc1)C(=O)OC(C)(C)C.Cl.Cn1nc2c(c1-c1ccc(I)cc1)C(=O)CCC2. The Morgan fingerprint density at radius 1 is 0.933 bits per heavy atom. The van der Waals surface area contributed by atoms with Crippen molar-refractivity contribution in [3.63, 3.8) is 0 Å². The Morgan fingerprint density at radius 3 is 2.09 bits per heavy atom. The molecule has 9 nitrogen and oxygen atoms in total. The highest BCUT2D eigenvalue weighted by Gasteiger charge is 2.29. The van der Waals surface area contributed by atoms with Crippen LogP contribution < -0.4 is 0 Å². The summed E-state index contributed by atoms with van der Waals surface area (Å²) in [6.45, 7) is 5.30. The Balaban J connectivity index is 0.000000254. The predicted octanol–water partition coefficient (Wildman–Crippen LogP) is 8.17. The number of halogens is 3. The van der Waals surface area contributed by atoms with Crippen LogP contribution in [-0.2, 0) is 23.0 Å². The van der Waals surface area contributed by atoms with Crippen LogP contribution >= 0.6 is 57.6 Å². The van der Waals surface area contributed by atoms with Crippen molar-refractivity contribution in [1.82, 2.24) is 14.8 Å². The van der Waals surface area contributed by atoms with E-state index in [4.69, 9.17) is 4.74 Å². The number of aliphatic hydroxyl groups is 1. The number of rotatable bonds is 3. The second-order valence-electron chi connectivity index (χ2n) is 11.6. The van der Waals surface area contributed by atoms with Gasteiger partial charge in [0.05, 0.1) is 28.2 Å². The normalized spacial score (nSPS) is 16.6. The molecule has 2 aliphatic carbocycles. The summed E-state index contributed by atoms with van der Waals surface area (Å²) < 4.78 is 9.34. The zero-order chi connectivity index (χ0) is 32.2. The van der Waals surface area contributed by atoms with Crippen LogP contribution in [0.25, 0.3) is 17.0 Å². The minimum atomic E-state index is -0.643. The Hall–Kier alpha value is -2.78. The van der Waals surface area contributed by atoms with E-state index in [0.717, 1.165) is 43.9 Å². The number of ether oxygens (including phenoxy) is 1. The molecule has 0 bridgehead atoms. The number of hydrogen-bond acceptors (Lipinski definition) is 7. The van der Waals surface area contributed by atoms with Crippen LogP contribution in [0, 0.1) is 7.14 Å². The van der Waals surface area contributed by atoms with Gasteiger partial charge in [-0.2, -0.15) is 10.2 Å².